The van der Waals surface area contributed by atoms with Crippen molar-refractivity contribution in [1.82, 2.24) is 4.90 Å². The van der Waals surface area contributed by atoms with Crippen LogP contribution in [0.4, 0.5) is 4.39 Å². The zero-order valence-electron chi connectivity index (χ0n) is 10.2. The number of aryl methyl sites for hydroxylation is 1. The van der Waals surface area contributed by atoms with Crippen molar-refractivity contribution in [3.05, 3.63) is 46.8 Å². The van der Waals surface area contributed by atoms with Gasteiger partial charge in [-0.3, -0.25) is 4.79 Å². The Hall–Kier alpha value is -1.64. The molecule has 0 aromatic heterocycles. The molecule has 1 heterocycles. The molecule has 0 N–H and O–H groups in total. The number of halogens is 1. The summed E-state index contributed by atoms with van der Waals surface area (Å²) in [7, 11) is 0. The monoisotopic (exact) mass is 233 g/mol. The normalized spacial score (nSPS) is 15.7. The SMILES string of the molecule is CC1=CCN(C(=O)c2ccc(F)c(C)c2)CC1. The number of hydrogen-bond donors (Lipinski definition) is 0. The molecule has 0 aliphatic carbocycles. The van der Waals surface area contributed by atoms with E-state index in [2.05, 4.69) is 13.0 Å². The number of carbonyl (C=O) groups is 1. The zero-order chi connectivity index (χ0) is 12.4. The van der Waals surface area contributed by atoms with Crippen molar-refractivity contribution in [1.29, 1.82) is 0 Å². The molecule has 0 spiro atoms. The fraction of sp³-hybridized carbons (Fsp3) is 0.357. The second-order valence-corrected chi connectivity index (χ2v) is 4.52. The third kappa shape index (κ3) is 2.54. The van der Waals surface area contributed by atoms with Crippen LogP contribution in [-0.4, -0.2) is 23.9 Å². The van der Waals surface area contributed by atoms with Crippen LogP contribution in [0.25, 0.3) is 0 Å². The predicted molar refractivity (Wildman–Crippen MR) is 65.4 cm³/mol. The lowest BCUT2D eigenvalue weighted by molar-refractivity contribution is 0.0769. The molecule has 0 radical (unpaired) electrons. The Kier molecular flexibility index (Phi) is 3.27. The molecule has 2 rings (SSSR count). The summed E-state index contributed by atoms with van der Waals surface area (Å²) >= 11 is 0. The lowest BCUT2D eigenvalue weighted by Gasteiger charge is -2.25. The van der Waals surface area contributed by atoms with Gasteiger partial charge in [-0.05, 0) is 44.0 Å². The lowest BCUT2D eigenvalue weighted by Crippen LogP contribution is -2.34. The highest BCUT2D eigenvalue weighted by Gasteiger charge is 2.17. The van der Waals surface area contributed by atoms with Gasteiger partial charge in [-0.15, -0.1) is 0 Å². The molecule has 90 valence electrons. The van der Waals surface area contributed by atoms with E-state index in [9.17, 15) is 9.18 Å². The van der Waals surface area contributed by atoms with E-state index in [1.807, 2.05) is 0 Å². The molecule has 0 atom stereocenters. The summed E-state index contributed by atoms with van der Waals surface area (Å²) in [6.45, 7) is 5.15. The Labute approximate surface area is 101 Å². The minimum absolute atomic E-state index is 0.0168. The molecule has 2 nitrogen and oxygen atoms in total. The van der Waals surface area contributed by atoms with Gasteiger partial charge in [-0.2, -0.15) is 0 Å². The van der Waals surface area contributed by atoms with Crippen LogP contribution < -0.4 is 0 Å². The molecule has 0 saturated carbocycles. The first kappa shape index (κ1) is 11.8. The summed E-state index contributed by atoms with van der Waals surface area (Å²) in [6.07, 6.45) is 2.99. The van der Waals surface area contributed by atoms with E-state index in [1.165, 1.54) is 11.6 Å². The number of amides is 1. The van der Waals surface area contributed by atoms with E-state index >= 15 is 0 Å². The maximum Gasteiger partial charge on any atom is 0.254 e. The minimum atomic E-state index is -0.268. The van der Waals surface area contributed by atoms with Crippen molar-refractivity contribution >= 4 is 5.91 Å². The van der Waals surface area contributed by atoms with Crippen molar-refractivity contribution < 1.29 is 9.18 Å². The Morgan fingerprint density at radius 1 is 1.35 bits per heavy atom. The maximum atomic E-state index is 13.1. The summed E-state index contributed by atoms with van der Waals surface area (Å²) in [6, 6.07) is 4.52. The summed E-state index contributed by atoms with van der Waals surface area (Å²) in [5.74, 6) is -0.284. The van der Waals surface area contributed by atoms with Crippen molar-refractivity contribution in [2.45, 2.75) is 20.3 Å². The molecule has 0 fully saturated rings. The average molecular weight is 233 g/mol. The first-order chi connectivity index (χ1) is 8.08. The van der Waals surface area contributed by atoms with Gasteiger partial charge >= 0.3 is 0 Å². The molecule has 1 aliphatic rings. The molecule has 3 heteroatoms. The van der Waals surface area contributed by atoms with Crippen molar-refractivity contribution in [2.75, 3.05) is 13.1 Å². The standard InChI is InChI=1S/C14H16FNO/c1-10-5-7-16(8-6-10)14(17)12-3-4-13(15)11(2)9-12/h3-5,9H,6-8H2,1-2H3. The highest BCUT2D eigenvalue weighted by Crippen LogP contribution is 2.15. The first-order valence-electron chi connectivity index (χ1n) is 5.79. The topological polar surface area (TPSA) is 20.3 Å². The molecule has 1 aliphatic heterocycles. The van der Waals surface area contributed by atoms with Crippen molar-refractivity contribution in [2.24, 2.45) is 0 Å². The van der Waals surface area contributed by atoms with Gasteiger partial charge in [0.1, 0.15) is 5.82 Å². The van der Waals surface area contributed by atoms with E-state index in [-0.39, 0.29) is 11.7 Å². The van der Waals surface area contributed by atoms with Crippen LogP contribution in [0, 0.1) is 12.7 Å². The second kappa shape index (κ2) is 4.70. The van der Waals surface area contributed by atoms with E-state index in [0.29, 0.717) is 17.7 Å². The van der Waals surface area contributed by atoms with Crippen LogP contribution >= 0.6 is 0 Å². The van der Waals surface area contributed by atoms with Gasteiger partial charge in [0, 0.05) is 18.7 Å². The van der Waals surface area contributed by atoms with Crippen LogP contribution in [-0.2, 0) is 0 Å². The van der Waals surface area contributed by atoms with Gasteiger partial charge in [0.15, 0.2) is 0 Å². The highest BCUT2D eigenvalue weighted by atomic mass is 19.1. The molecule has 17 heavy (non-hydrogen) atoms. The Bertz CT molecular complexity index is 479. The number of hydrogen-bond acceptors (Lipinski definition) is 1. The maximum absolute atomic E-state index is 13.1. The molecule has 0 saturated heterocycles. The molecular weight excluding hydrogens is 217 g/mol. The van der Waals surface area contributed by atoms with E-state index < -0.39 is 0 Å². The van der Waals surface area contributed by atoms with Gasteiger partial charge in [0.25, 0.3) is 5.91 Å². The number of benzene rings is 1. The number of rotatable bonds is 1. The van der Waals surface area contributed by atoms with E-state index in [1.54, 1.807) is 24.0 Å². The Balaban J connectivity index is 2.17. The number of carbonyl (C=O) groups excluding carboxylic acids is 1. The molecule has 1 amide bonds. The third-order valence-electron chi connectivity index (χ3n) is 3.13. The van der Waals surface area contributed by atoms with E-state index in [0.717, 1.165) is 13.0 Å². The van der Waals surface area contributed by atoms with Crippen LogP contribution in [0.1, 0.15) is 29.3 Å². The molecular formula is C14H16FNO. The van der Waals surface area contributed by atoms with Gasteiger partial charge in [0.2, 0.25) is 0 Å². The fourth-order valence-corrected chi connectivity index (χ4v) is 1.92. The summed E-state index contributed by atoms with van der Waals surface area (Å²) in [4.78, 5) is 13.9. The van der Waals surface area contributed by atoms with Gasteiger partial charge in [0.05, 0.1) is 0 Å². The van der Waals surface area contributed by atoms with E-state index in [4.69, 9.17) is 0 Å². The van der Waals surface area contributed by atoms with Crippen molar-refractivity contribution in [3.63, 3.8) is 0 Å². The van der Waals surface area contributed by atoms with Gasteiger partial charge in [-0.25, -0.2) is 4.39 Å². The predicted octanol–water partition coefficient (Wildman–Crippen LogP) is 2.93. The lowest BCUT2D eigenvalue weighted by atomic mass is 10.1. The second-order valence-electron chi connectivity index (χ2n) is 4.52. The van der Waals surface area contributed by atoms with Crippen LogP contribution in [0.15, 0.2) is 29.8 Å². The summed E-state index contributed by atoms with van der Waals surface area (Å²) in [5.41, 5.74) is 2.40. The van der Waals surface area contributed by atoms with Gasteiger partial charge in [-0.1, -0.05) is 11.6 Å². The van der Waals surface area contributed by atoms with Crippen LogP contribution in [0.3, 0.4) is 0 Å². The number of nitrogens with zero attached hydrogens (tertiary/aromatic N) is 1. The van der Waals surface area contributed by atoms with Crippen LogP contribution in [0.2, 0.25) is 0 Å². The Morgan fingerprint density at radius 3 is 2.71 bits per heavy atom. The smallest absolute Gasteiger partial charge is 0.254 e. The zero-order valence-corrected chi connectivity index (χ0v) is 10.2. The minimum Gasteiger partial charge on any atom is -0.335 e. The first-order valence-corrected chi connectivity index (χ1v) is 5.79. The molecule has 0 unspecified atom stereocenters. The summed E-state index contributed by atoms with van der Waals surface area (Å²) in [5, 5.41) is 0. The van der Waals surface area contributed by atoms with Crippen LogP contribution in [0.5, 0.6) is 0 Å². The quantitative estimate of drug-likeness (QED) is 0.683. The fourth-order valence-electron chi connectivity index (χ4n) is 1.92. The summed E-state index contributed by atoms with van der Waals surface area (Å²) < 4.78 is 13.1. The largest absolute Gasteiger partial charge is 0.335 e. The Morgan fingerprint density at radius 2 is 2.12 bits per heavy atom. The molecule has 1 aromatic rings. The molecule has 0 bridgehead atoms. The highest BCUT2D eigenvalue weighted by molar-refractivity contribution is 5.94. The third-order valence-corrected chi connectivity index (χ3v) is 3.13. The average Bonchev–Trinajstić information content (AvgIpc) is 2.33. The van der Waals surface area contributed by atoms with Crippen molar-refractivity contribution in [3.8, 4) is 0 Å². The molecule has 1 aromatic carbocycles. The van der Waals surface area contributed by atoms with Gasteiger partial charge < -0.3 is 4.90 Å².